The molecule has 0 bridgehead atoms. The van der Waals surface area contributed by atoms with E-state index in [0.29, 0.717) is 21.2 Å². The summed E-state index contributed by atoms with van der Waals surface area (Å²) >= 11 is 1.98. The summed E-state index contributed by atoms with van der Waals surface area (Å²) in [6.45, 7) is 0. The first kappa shape index (κ1) is 13.7. The number of benzene rings is 2. The van der Waals surface area contributed by atoms with Gasteiger partial charge in [0.15, 0.2) is 5.78 Å². The molecule has 1 N–H and O–H groups in total. The van der Waals surface area contributed by atoms with Crippen molar-refractivity contribution in [3.63, 3.8) is 0 Å². The molecule has 0 saturated carbocycles. The third-order valence-electron chi connectivity index (χ3n) is 2.60. The van der Waals surface area contributed by atoms with Crippen LogP contribution in [-0.2, 0) is 4.79 Å². The largest absolute Gasteiger partial charge is 0.325 e. The minimum Gasteiger partial charge on any atom is -0.325 e. The molecule has 0 aliphatic carbocycles. The fourth-order valence-electron chi connectivity index (χ4n) is 1.72. The molecule has 0 unspecified atom stereocenters. The molecule has 0 heterocycles. The zero-order chi connectivity index (χ0) is 13.7. The highest BCUT2D eigenvalue weighted by Gasteiger charge is 2.13. The molecule has 0 atom stereocenters. The summed E-state index contributed by atoms with van der Waals surface area (Å²) in [7, 11) is 0. The predicted octanol–water partition coefficient (Wildman–Crippen LogP) is 3.29. The van der Waals surface area contributed by atoms with Gasteiger partial charge in [-0.3, -0.25) is 9.59 Å². The van der Waals surface area contributed by atoms with Crippen LogP contribution in [0.3, 0.4) is 0 Å². The fraction of sp³-hybridized carbons (Fsp3) is 0.0667. The van der Waals surface area contributed by atoms with E-state index in [1.54, 1.807) is 36.4 Å². The molecule has 0 radical (unpaired) electrons. The number of hydrogen-bond donors (Lipinski definition) is 1. The minimum atomic E-state index is -0.117. The fourth-order valence-corrected chi connectivity index (χ4v) is 1.91. The molecular weight excluding hydrogens is 353 g/mol. The molecule has 0 saturated heterocycles. The molecule has 0 aliphatic heterocycles. The van der Waals surface area contributed by atoms with Crippen LogP contribution in [0, 0.1) is 0 Å². The molecular formula is C15H12INO2. The topological polar surface area (TPSA) is 46.2 Å². The molecule has 2 aromatic carbocycles. The first-order chi connectivity index (χ1) is 9.22. The molecule has 19 heavy (non-hydrogen) atoms. The van der Waals surface area contributed by atoms with Gasteiger partial charge >= 0.3 is 0 Å². The van der Waals surface area contributed by atoms with Gasteiger partial charge in [0.1, 0.15) is 0 Å². The van der Waals surface area contributed by atoms with Crippen molar-refractivity contribution >= 4 is 40.0 Å². The van der Waals surface area contributed by atoms with E-state index in [1.165, 1.54) is 0 Å². The normalized spacial score (nSPS) is 9.95. The molecule has 0 spiro atoms. The van der Waals surface area contributed by atoms with Gasteiger partial charge in [-0.2, -0.15) is 0 Å². The average molecular weight is 365 g/mol. The number of ketones is 1. The van der Waals surface area contributed by atoms with Gasteiger partial charge in [0.25, 0.3) is 0 Å². The van der Waals surface area contributed by atoms with Crippen LogP contribution in [0.4, 0.5) is 5.69 Å². The SMILES string of the molecule is O=C(CI)Nc1ccccc1C(=O)c1ccccc1. The maximum atomic E-state index is 12.4. The van der Waals surface area contributed by atoms with E-state index in [-0.39, 0.29) is 11.7 Å². The van der Waals surface area contributed by atoms with Crippen molar-refractivity contribution in [2.75, 3.05) is 9.74 Å². The number of hydrogen-bond acceptors (Lipinski definition) is 2. The number of halogens is 1. The second-order valence-corrected chi connectivity index (χ2v) is 4.69. The molecule has 2 rings (SSSR count). The van der Waals surface area contributed by atoms with Crippen molar-refractivity contribution in [3.8, 4) is 0 Å². The van der Waals surface area contributed by atoms with E-state index in [0.717, 1.165) is 0 Å². The van der Waals surface area contributed by atoms with Gasteiger partial charge < -0.3 is 5.32 Å². The Kier molecular flexibility index (Phi) is 4.68. The van der Waals surface area contributed by atoms with Crippen molar-refractivity contribution < 1.29 is 9.59 Å². The molecule has 0 fully saturated rings. The zero-order valence-electron chi connectivity index (χ0n) is 10.1. The van der Waals surface area contributed by atoms with Crippen molar-refractivity contribution in [2.45, 2.75) is 0 Å². The Balaban J connectivity index is 2.35. The quantitative estimate of drug-likeness (QED) is 0.514. The monoisotopic (exact) mass is 365 g/mol. The van der Waals surface area contributed by atoms with Crippen LogP contribution in [-0.4, -0.2) is 16.1 Å². The number of anilines is 1. The Hall–Kier alpha value is -1.69. The van der Waals surface area contributed by atoms with Crippen LogP contribution in [0.5, 0.6) is 0 Å². The molecule has 0 aliphatic rings. The molecule has 2 aromatic rings. The number of para-hydroxylation sites is 1. The van der Waals surface area contributed by atoms with Crippen LogP contribution in [0.25, 0.3) is 0 Å². The highest BCUT2D eigenvalue weighted by Crippen LogP contribution is 2.19. The summed E-state index contributed by atoms with van der Waals surface area (Å²) in [5.74, 6) is -0.209. The van der Waals surface area contributed by atoms with Gasteiger partial charge in [-0.05, 0) is 12.1 Å². The first-order valence-corrected chi connectivity index (χ1v) is 7.29. The third-order valence-corrected chi connectivity index (χ3v) is 3.30. The summed E-state index contributed by atoms with van der Waals surface area (Å²) in [5, 5.41) is 2.74. The van der Waals surface area contributed by atoms with Gasteiger partial charge in [-0.25, -0.2) is 0 Å². The molecule has 1 amide bonds. The lowest BCUT2D eigenvalue weighted by molar-refractivity contribution is -0.113. The Morgan fingerprint density at radius 1 is 0.947 bits per heavy atom. The molecule has 96 valence electrons. The van der Waals surface area contributed by atoms with E-state index in [2.05, 4.69) is 5.32 Å². The lowest BCUT2D eigenvalue weighted by atomic mass is 10.0. The van der Waals surface area contributed by atoms with Crippen LogP contribution in [0.1, 0.15) is 15.9 Å². The van der Waals surface area contributed by atoms with Crippen LogP contribution in [0.15, 0.2) is 54.6 Å². The summed E-state index contributed by atoms with van der Waals surface area (Å²) < 4.78 is 0.353. The van der Waals surface area contributed by atoms with Crippen molar-refractivity contribution in [2.24, 2.45) is 0 Å². The maximum Gasteiger partial charge on any atom is 0.234 e. The predicted molar refractivity (Wildman–Crippen MR) is 83.8 cm³/mol. The summed E-state index contributed by atoms with van der Waals surface area (Å²) in [6.07, 6.45) is 0. The number of amides is 1. The van der Waals surface area contributed by atoms with Crippen molar-refractivity contribution in [3.05, 3.63) is 65.7 Å². The Morgan fingerprint density at radius 3 is 2.26 bits per heavy atom. The number of carbonyl (C=O) groups is 2. The molecule has 3 nitrogen and oxygen atoms in total. The van der Waals surface area contributed by atoms with E-state index >= 15 is 0 Å². The zero-order valence-corrected chi connectivity index (χ0v) is 12.3. The van der Waals surface area contributed by atoms with E-state index in [4.69, 9.17) is 0 Å². The Bertz CT molecular complexity index is 596. The lowest BCUT2D eigenvalue weighted by Gasteiger charge is -2.09. The van der Waals surface area contributed by atoms with Gasteiger partial charge in [-0.15, -0.1) is 0 Å². The summed E-state index contributed by atoms with van der Waals surface area (Å²) in [4.78, 5) is 23.8. The summed E-state index contributed by atoms with van der Waals surface area (Å²) in [5.41, 5.74) is 1.67. The number of carbonyl (C=O) groups excluding carboxylic acids is 2. The van der Waals surface area contributed by atoms with Crippen molar-refractivity contribution in [1.29, 1.82) is 0 Å². The van der Waals surface area contributed by atoms with Gasteiger partial charge in [0.05, 0.1) is 10.1 Å². The van der Waals surface area contributed by atoms with E-state index in [1.807, 2.05) is 40.8 Å². The highest BCUT2D eigenvalue weighted by atomic mass is 127. The third kappa shape index (κ3) is 3.41. The van der Waals surface area contributed by atoms with Gasteiger partial charge in [0, 0.05) is 11.1 Å². The smallest absolute Gasteiger partial charge is 0.234 e. The van der Waals surface area contributed by atoms with Crippen LogP contribution >= 0.6 is 22.6 Å². The number of rotatable bonds is 4. The highest BCUT2D eigenvalue weighted by molar-refractivity contribution is 14.1. The summed E-state index contributed by atoms with van der Waals surface area (Å²) in [6, 6.07) is 16.1. The van der Waals surface area contributed by atoms with E-state index in [9.17, 15) is 9.59 Å². The molecule has 0 aromatic heterocycles. The van der Waals surface area contributed by atoms with Gasteiger partial charge in [-0.1, -0.05) is 65.1 Å². The standard InChI is InChI=1S/C15H12INO2/c16-10-14(18)17-13-9-5-4-8-12(13)15(19)11-6-2-1-3-7-11/h1-9H,10H2,(H,17,18). The van der Waals surface area contributed by atoms with E-state index < -0.39 is 0 Å². The number of alkyl halides is 1. The van der Waals surface area contributed by atoms with Crippen LogP contribution < -0.4 is 5.32 Å². The van der Waals surface area contributed by atoms with Crippen LogP contribution in [0.2, 0.25) is 0 Å². The lowest BCUT2D eigenvalue weighted by Crippen LogP contribution is -2.15. The average Bonchev–Trinajstić information content (AvgIpc) is 2.48. The second-order valence-electron chi connectivity index (χ2n) is 3.92. The molecule has 4 heteroatoms. The maximum absolute atomic E-state index is 12.4. The Labute approximate surface area is 125 Å². The van der Waals surface area contributed by atoms with Crippen molar-refractivity contribution in [1.82, 2.24) is 0 Å². The second kappa shape index (κ2) is 6.47. The van der Waals surface area contributed by atoms with Gasteiger partial charge in [0.2, 0.25) is 5.91 Å². The first-order valence-electron chi connectivity index (χ1n) is 5.77. The minimum absolute atomic E-state index is 0.0926. The number of nitrogens with one attached hydrogen (secondary N) is 1. The Morgan fingerprint density at radius 2 is 1.58 bits per heavy atom.